The summed E-state index contributed by atoms with van der Waals surface area (Å²) < 4.78 is 5.18. The highest BCUT2D eigenvalue weighted by Crippen LogP contribution is 2.39. The number of aryl methyl sites for hydroxylation is 1. The molecule has 0 saturated carbocycles. The molecule has 1 aromatic carbocycles. The summed E-state index contributed by atoms with van der Waals surface area (Å²) in [7, 11) is 0. The predicted molar refractivity (Wildman–Crippen MR) is 93.6 cm³/mol. The minimum atomic E-state index is -0.334. The number of anilines is 1. The van der Waals surface area contributed by atoms with Gasteiger partial charge in [0.2, 0.25) is 0 Å². The second-order valence-electron chi connectivity index (χ2n) is 5.49. The van der Waals surface area contributed by atoms with E-state index in [1.54, 1.807) is 6.92 Å². The lowest BCUT2D eigenvalue weighted by Crippen LogP contribution is -2.07. The minimum absolute atomic E-state index is 0.334. The molecule has 2 N–H and O–H groups in total. The molecule has 1 heterocycles. The first-order chi connectivity index (χ1) is 10.5. The van der Waals surface area contributed by atoms with E-state index in [-0.39, 0.29) is 5.97 Å². The summed E-state index contributed by atoms with van der Waals surface area (Å²) in [6.45, 7) is 8.56. The van der Waals surface area contributed by atoms with E-state index in [2.05, 4.69) is 45.0 Å². The number of carbonyl (C=O) groups is 1. The van der Waals surface area contributed by atoms with Crippen molar-refractivity contribution in [1.82, 2.24) is 0 Å². The Kier molecular flexibility index (Phi) is 5.24. The van der Waals surface area contributed by atoms with Crippen LogP contribution in [-0.4, -0.2) is 12.6 Å². The number of hydrogen-bond donors (Lipinski definition) is 1. The third-order valence-corrected chi connectivity index (χ3v) is 4.84. The average molecular weight is 317 g/mol. The highest BCUT2D eigenvalue weighted by molar-refractivity contribution is 7.17. The van der Waals surface area contributed by atoms with Crippen molar-refractivity contribution in [2.75, 3.05) is 12.3 Å². The van der Waals surface area contributed by atoms with E-state index < -0.39 is 0 Å². The van der Waals surface area contributed by atoms with E-state index in [0.29, 0.717) is 23.1 Å². The molecule has 0 fully saturated rings. The molecule has 118 valence electrons. The first-order valence-corrected chi connectivity index (χ1v) is 8.49. The molecule has 4 heteroatoms. The van der Waals surface area contributed by atoms with Crippen molar-refractivity contribution in [3.05, 3.63) is 40.3 Å². The zero-order valence-electron chi connectivity index (χ0n) is 13.6. The van der Waals surface area contributed by atoms with Crippen molar-refractivity contribution in [2.24, 2.45) is 0 Å². The van der Waals surface area contributed by atoms with E-state index >= 15 is 0 Å². The lowest BCUT2D eigenvalue weighted by atomic mass is 9.96. The molecule has 3 nitrogen and oxygen atoms in total. The zero-order chi connectivity index (χ0) is 16.3. The van der Waals surface area contributed by atoms with Crippen LogP contribution in [0.15, 0.2) is 24.3 Å². The Morgan fingerprint density at radius 2 is 1.86 bits per heavy atom. The van der Waals surface area contributed by atoms with E-state index in [1.807, 2.05) is 0 Å². The summed E-state index contributed by atoms with van der Waals surface area (Å²) in [5.41, 5.74) is 9.83. The quantitative estimate of drug-likeness (QED) is 0.801. The third-order valence-electron chi connectivity index (χ3n) is 3.68. The monoisotopic (exact) mass is 317 g/mol. The second kappa shape index (κ2) is 6.97. The van der Waals surface area contributed by atoms with E-state index in [0.717, 1.165) is 22.4 Å². The number of hydrogen-bond acceptors (Lipinski definition) is 4. The Morgan fingerprint density at radius 1 is 1.23 bits per heavy atom. The van der Waals surface area contributed by atoms with Crippen LogP contribution in [0, 0.1) is 0 Å². The minimum Gasteiger partial charge on any atom is -0.462 e. The zero-order valence-corrected chi connectivity index (χ0v) is 14.4. The molecule has 22 heavy (non-hydrogen) atoms. The number of thiophene rings is 1. The third kappa shape index (κ3) is 3.17. The normalized spacial score (nSPS) is 11.0. The van der Waals surface area contributed by atoms with Gasteiger partial charge in [-0.3, -0.25) is 0 Å². The number of ether oxygens (including phenoxy) is 1. The number of carbonyl (C=O) groups excluding carboxylic acids is 1. The van der Waals surface area contributed by atoms with Gasteiger partial charge in [-0.05, 0) is 30.4 Å². The maximum atomic E-state index is 12.3. The highest BCUT2D eigenvalue weighted by Gasteiger charge is 2.23. The molecule has 0 bridgehead atoms. The van der Waals surface area contributed by atoms with Gasteiger partial charge in [0.25, 0.3) is 0 Å². The van der Waals surface area contributed by atoms with Gasteiger partial charge in [-0.1, -0.05) is 45.0 Å². The van der Waals surface area contributed by atoms with Gasteiger partial charge in [-0.25, -0.2) is 4.79 Å². The van der Waals surface area contributed by atoms with Crippen molar-refractivity contribution in [1.29, 1.82) is 0 Å². The van der Waals surface area contributed by atoms with Gasteiger partial charge in [-0.15, -0.1) is 11.3 Å². The van der Waals surface area contributed by atoms with Crippen LogP contribution >= 0.6 is 11.3 Å². The number of nitrogens with two attached hydrogens (primary N) is 1. The molecular formula is C18H23NO2S. The SMILES string of the molecule is CCOC(=O)c1c(N)sc(CC)c1-c1ccc(C(C)C)cc1. The van der Waals surface area contributed by atoms with Gasteiger partial charge < -0.3 is 10.5 Å². The molecule has 0 atom stereocenters. The van der Waals surface area contributed by atoms with Crippen LogP contribution in [0.5, 0.6) is 0 Å². The fraction of sp³-hybridized carbons (Fsp3) is 0.389. The molecule has 0 amide bonds. The molecule has 0 aliphatic rings. The van der Waals surface area contributed by atoms with Crippen LogP contribution < -0.4 is 5.73 Å². The molecule has 0 saturated heterocycles. The fourth-order valence-electron chi connectivity index (χ4n) is 2.49. The Morgan fingerprint density at radius 3 is 2.36 bits per heavy atom. The van der Waals surface area contributed by atoms with Gasteiger partial charge >= 0.3 is 5.97 Å². The summed E-state index contributed by atoms with van der Waals surface area (Å²) >= 11 is 1.48. The fourth-order valence-corrected chi connectivity index (χ4v) is 3.51. The molecule has 0 spiro atoms. The van der Waals surface area contributed by atoms with Gasteiger partial charge in [0.15, 0.2) is 0 Å². The molecule has 0 unspecified atom stereocenters. The van der Waals surface area contributed by atoms with Crippen LogP contribution in [0.3, 0.4) is 0 Å². The summed E-state index contributed by atoms with van der Waals surface area (Å²) in [4.78, 5) is 13.4. The lowest BCUT2D eigenvalue weighted by Gasteiger charge is -2.10. The van der Waals surface area contributed by atoms with E-state index in [4.69, 9.17) is 10.5 Å². The van der Waals surface area contributed by atoms with Crippen molar-refractivity contribution in [3.63, 3.8) is 0 Å². The summed E-state index contributed by atoms with van der Waals surface area (Å²) in [6.07, 6.45) is 0.843. The smallest absolute Gasteiger partial charge is 0.341 e. The molecule has 0 radical (unpaired) electrons. The van der Waals surface area contributed by atoms with Crippen molar-refractivity contribution < 1.29 is 9.53 Å². The first kappa shape index (κ1) is 16.6. The largest absolute Gasteiger partial charge is 0.462 e. The maximum absolute atomic E-state index is 12.3. The van der Waals surface area contributed by atoms with Gasteiger partial charge in [-0.2, -0.15) is 0 Å². The predicted octanol–water partition coefficient (Wildman–Crippen LogP) is 4.86. The Balaban J connectivity index is 2.55. The van der Waals surface area contributed by atoms with E-state index in [1.165, 1.54) is 16.9 Å². The van der Waals surface area contributed by atoms with Gasteiger partial charge in [0.05, 0.1) is 6.61 Å². The summed E-state index contributed by atoms with van der Waals surface area (Å²) in [5, 5.41) is 0.540. The second-order valence-corrected chi connectivity index (χ2v) is 6.63. The maximum Gasteiger partial charge on any atom is 0.341 e. The highest BCUT2D eigenvalue weighted by atomic mass is 32.1. The Hall–Kier alpha value is -1.81. The van der Waals surface area contributed by atoms with Gasteiger partial charge in [0.1, 0.15) is 10.6 Å². The van der Waals surface area contributed by atoms with Crippen LogP contribution in [-0.2, 0) is 11.2 Å². The number of rotatable bonds is 5. The van der Waals surface area contributed by atoms with E-state index in [9.17, 15) is 4.79 Å². The Labute approximate surface area is 136 Å². The van der Waals surface area contributed by atoms with Crippen LogP contribution in [0.2, 0.25) is 0 Å². The number of benzene rings is 1. The van der Waals surface area contributed by atoms with Gasteiger partial charge in [0, 0.05) is 10.4 Å². The standard InChI is InChI=1S/C18H23NO2S/c1-5-14-15(13-9-7-12(8-10-13)11(3)4)16(17(19)22-14)18(20)21-6-2/h7-11H,5-6,19H2,1-4H3. The van der Waals surface area contributed by atoms with Crippen LogP contribution in [0.25, 0.3) is 11.1 Å². The lowest BCUT2D eigenvalue weighted by molar-refractivity contribution is 0.0529. The average Bonchev–Trinajstić information content (AvgIpc) is 2.84. The summed E-state index contributed by atoms with van der Waals surface area (Å²) in [6, 6.07) is 8.36. The summed E-state index contributed by atoms with van der Waals surface area (Å²) in [5.74, 6) is 0.149. The van der Waals surface area contributed by atoms with Crippen LogP contribution in [0.4, 0.5) is 5.00 Å². The Bertz CT molecular complexity index is 656. The molecule has 2 aromatic rings. The number of esters is 1. The van der Waals surface area contributed by atoms with Crippen LogP contribution in [0.1, 0.15) is 54.4 Å². The van der Waals surface area contributed by atoms with Crippen molar-refractivity contribution in [2.45, 2.75) is 40.0 Å². The molecular weight excluding hydrogens is 294 g/mol. The topological polar surface area (TPSA) is 52.3 Å². The number of nitrogen functional groups attached to an aromatic ring is 1. The van der Waals surface area contributed by atoms with Crippen molar-refractivity contribution in [3.8, 4) is 11.1 Å². The van der Waals surface area contributed by atoms with Crippen molar-refractivity contribution >= 4 is 22.3 Å². The molecule has 0 aliphatic heterocycles. The molecule has 1 aromatic heterocycles. The molecule has 2 rings (SSSR count). The first-order valence-electron chi connectivity index (χ1n) is 7.68. The molecule has 0 aliphatic carbocycles.